The van der Waals surface area contributed by atoms with Gasteiger partial charge in [0.2, 0.25) is 0 Å². The van der Waals surface area contributed by atoms with Crippen molar-refractivity contribution >= 4 is 33.2 Å². The first-order valence-corrected chi connectivity index (χ1v) is 7.80. The smallest absolute Gasteiger partial charge is 0.267 e. The Bertz CT molecular complexity index is 475. The fraction of sp³-hybridized carbons (Fsp3) is 0.615. The summed E-state index contributed by atoms with van der Waals surface area (Å²) in [6.07, 6.45) is 1.01. The Morgan fingerprint density at radius 2 is 2.26 bits per heavy atom. The lowest BCUT2D eigenvalue weighted by atomic mass is 10.1. The number of hydrogen-bond donors (Lipinski definition) is 0. The van der Waals surface area contributed by atoms with E-state index < -0.39 is 0 Å². The van der Waals surface area contributed by atoms with Crippen molar-refractivity contribution in [3.8, 4) is 5.75 Å². The summed E-state index contributed by atoms with van der Waals surface area (Å²) in [7, 11) is 3.30. The molecular weight excluding hydrogens is 330 g/mol. The summed E-state index contributed by atoms with van der Waals surface area (Å²) in [4.78, 5) is 16.2. The van der Waals surface area contributed by atoms with Gasteiger partial charge in [-0.3, -0.25) is 4.79 Å². The van der Waals surface area contributed by atoms with Crippen molar-refractivity contribution in [2.24, 2.45) is 5.92 Å². The van der Waals surface area contributed by atoms with Gasteiger partial charge in [-0.15, -0.1) is 11.3 Å². The Kier molecular flexibility index (Phi) is 4.86. The van der Waals surface area contributed by atoms with Crippen LogP contribution in [0, 0.1) is 12.8 Å². The van der Waals surface area contributed by atoms with E-state index in [2.05, 4.69) is 15.9 Å². The summed E-state index contributed by atoms with van der Waals surface area (Å²) in [6, 6.07) is 0. The Morgan fingerprint density at radius 1 is 1.53 bits per heavy atom. The number of halogens is 1. The van der Waals surface area contributed by atoms with Gasteiger partial charge < -0.3 is 14.4 Å². The molecule has 1 fully saturated rings. The van der Waals surface area contributed by atoms with E-state index in [4.69, 9.17) is 9.47 Å². The predicted molar refractivity (Wildman–Crippen MR) is 79.2 cm³/mol. The van der Waals surface area contributed by atoms with Crippen molar-refractivity contribution < 1.29 is 14.3 Å². The first kappa shape index (κ1) is 14.8. The molecule has 1 unspecified atom stereocenters. The van der Waals surface area contributed by atoms with E-state index in [0.717, 1.165) is 28.9 Å². The normalized spacial score (nSPS) is 18.9. The number of rotatable bonds is 4. The molecule has 2 heterocycles. The lowest BCUT2D eigenvalue weighted by Crippen LogP contribution is -2.28. The number of carbonyl (C=O) groups excluding carboxylic acids is 1. The van der Waals surface area contributed by atoms with Gasteiger partial charge in [0.15, 0.2) is 5.75 Å². The van der Waals surface area contributed by atoms with Gasteiger partial charge in [0.1, 0.15) is 4.88 Å². The van der Waals surface area contributed by atoms with Gasteiger partial charge in [-0.1, -0.05) is 0 Å². The monoisotopic (exact) mass is 347 g/mol. The molecule has 0 aromatic carbocycles. The minimum atomic E-state index is 0.0641. The molecule has 1 aliphatic rings. The highest BCUT2D eigenvalue weighted by molar-refractivity contribution is 9.10. The maximum absolute atomic E-state index is 12.5. The molecule has 0 saturated carbocycles. The molecule has 0 N–H and O–H groups in total. The minimum Gasteiger partial charge on any atom is -0.494 e. The van der Waals surface area contributed by atoms with Crippen molar-refractivity contribution in [2.45, 2.75) is 13.3 Å². The molecular formula is C13H18BrNO3S. The summed E-state index contributed by atoms with van der Waals surface area (Å²) in [5, 5.41) is 0. The van der Waals surface area contributed by atoms with E-state index in [1.807, 2.05) is 11.8 Å². The summed E-state index contributed by atoms with van der Waals surface area (Å²) >= 11 is 4.95. The quantitative estimate of drug-likeness (QED) is 0.840. The van der Waals surface area contributed by atoms with E-state index in [9.17, 15) is 4.79 Å². The number of ether oxygens (including phenoxy) is 2. The van der Waals surface area contributed by atoms with Gasteiger partial charge in [0.25, 0.3) is 5.91 Å². The third kappa shape index (κ3) is 2.95. The highest BCUT2D eigenvalue weighted by atomic mass is 79.9. The number of nitrogens with zero attached hydrogens (tertiary/aromatic N) is 1. The number of thiophene rings is 1. The van der Waals surface area contributed by atoms with Crippen LogP contribution < -0.4 is 4.74 Å². The fourth-order valence-electron chi connectivity index (χ4n) is 2.36. The molecule has 1 aliphatic heterocycles. The molecule has 1 aromatic rings. The Hall–Kier alpha value is -0.590. The topological polar surface area (TPSA) is 38.8 Å². The van der Waals surface area contributed by atoms with Crippen molar-refractivity contribution in [2.75, 3.05) is 33.9 Å². The van der Waals surface area contributed by atoms with Gasteiger partial charge in [-0.25, -0.2) is 0 Å². The molecule has 19 heavy (non-hydrogen) atoms. The Labute approximate surface area is 125 Å². The summed E-state index contributed by atoms with van der Waals surface area (Å²) in [5.74, 6) is 1.17. The average molecular weight is 348 g/mol. The van der Waals surface area contributed by atoms with Crippen LogP contribution in [0.4, 0.5) is 0 Å². The number of hydrogen-bond acceptors (Lipinski definition) is 4. The maximum Gasteiger partial charge on any atom is 0.267 e. The van der Waals surface area contributed by atoms with Gasteiger partial charge >= 0.3 is 0 Å². The Balaban J connectivity index is 2.15. The highest BCUT2D eigenvalue weighted by Gasteiger charge is 2.30. The standard InChI is InChI=1S/C13H18BrNO3S/c1-8-10(14)11(18-3)12(19-8)13(16)15-5-4-9(6-15)7-17-2/h9H,4-7H2,1-3H3. The first-order valence-electron chi connectivity index (χ1n) is 6.19. The highest BCUT2D eigenvalue weighted by Crippen LogP contribution is 2.40. The third-order valence-electron chi connectivity index (χ3n) is 3.34. The molecule has 0 radical (unpaired) electrons. The van der Waals surface area contributed by atoms with E-state index in [1.165, 1.54) is 11.3 Å². The lowest BCUT2D eigenvalue weighted by Gasteiger charge is -2.16. The van der Waals surface area contributed by atoms with Crippen LogP contribution in [0.25, 0.3) is 0 Å². The summed E-state index contributed by atoms with van der Waals surface area (Å²) in [5.41, 5.74) is 0. The number of aryl methyl sites for hydroxylation is 1. The van der Waals surface area contributed by atoms with Crippen molar-refractivity contribution in [3.63, 3.8) is 0 Å². The number of carbonyl (C=O) groups is 1. The molecule has 1 amide bonds. The number of methoxy groups -OCH3 is 2. The number of amides is 1. The van der Waals surface area contributed by atoms with Crippen LogP contribution >= 0.6 is 27.3 Å². The molecule has 1 aromatic heterocycles. The minimum absolute atomic E-state index is 0.0641. The average Bonchev–Trinajstić information content (AvgIpc) is 2.96. The molecule has 0 aliphatic carbocycles. The summed E-state index contributed by atoms with van der Waals surface area (Å²) in [6.45, 7) is 4.26. The number of likely N-dealkylation sites (tertiary alicyclic amines) is 1. The first-order chi connectivity index (χ1) is 9.08. The van der Waals surface area contributed by atoms with Crippen molar-refractivity contribution in [1.82, 2.24) is 4.90 Å². The predicted octanol–water partition coefficient (Wildman–Crippen LogP) is 2.94. The van der Waals surface area contributed by atoms with Gasteiger partial charge in [0, 0.05) is 31.0 Å². The van der Waals surface area contributed by atoms with Crippen LogP contribution in [0.1, 0.15) is 21.0 Å². The third-order valence-corrected chi connectivity index (χ3v) is 5.64. The molecule has 2 rings (SSSR count). The maximum atomic E-state index is 12.5. The molecule has 0 spiro atoms. The molecule has 106 valence electrons. The van der Waals surface area contributed by atoms with Crippen molar-refractivity contribution in [3.05, 3.63) is 14.2 Å². The molecule has 1 atom stereocenters. The lowest BCUT2D eigenvalue weighted by molar-refractivity contribution is 0.0777. The second-order valence-electron chi connectivity index (χ2n) is 4.70. The zero-order valence-corrected chi connectivity index (χ0v) is 13.8. The van der Waals surface area contributed by atoms with E-state index >= 15 is 0 Å². The SMILES string of the molecule is COCC1CCN(C(=O)c2sc(C)c(Br)c2OC)C1. The van der Waals surface area contributed by atoms with Crippen LogP contribution in [0.2, 0.25) is 0 Å². The second kappa shape index (κ2) is 6.24. The molecule has 0 bridgehead atoms. The van der Waals surface area contributed by atoms with E-state index in [-0.39, 0.29) is 5.91 Å². The van der Waals surface area contributed by atoms with Crippen LogP contribution in [0.15, 0.2) is 4.47 Å². The van der Waals surface area contributed by atoms with Crippen LogP contribution in [0.3, 0.4) is 0 Å². The molecule has 4 nitrogen and oxygen atoms in total. The van der Waals surface area contributed by atoms with Crippen LogP contribution in [0.5, 0.6) is 5.75 Å². The van der Waals surface area contributed by atoms with Gasteiger partial charge in [-0.05, 0) is 29.3 Å². The fourth-order valence-corrected chi connectivity index (χ4v) is 4.08. The van der Waals surface area contributed by atoms with E-state index in [0.29, 0.717) is 23.2 Å². The van der Waals surface area contributed by atoms with Crippen molar-refractivity contribution in [1.29, 1.82) is 0 Å². The second-order valence-corrected chi connectivity index (χ2v) is 6.71. The van der Waals surface area contributed by atoms with Crippen LogP contribution in [-0.2, 0) is 4.74 Å². The van der Waals surface area contributed by atoms with Crippen LogP contribution in [-0.4, -0.2) is 44.7 Å². The zero-order chi connectivity index (χ0) is 14.0. The summed E-state index contributed by atoms with van der Waals surface area (Å²) < 4.78 is 11.4. The van der Waals surface area contributed by atoms with E-state index in [1.54, 1.807) is 14.2 Å². The van der Waals surface area contributed by atoms with Gasteiger partial charge in [-0.2, -0.15) is 0 Å². The largest absolute Gasteiger partial charge is 0.494 e. The van der Waals surface area contributed by atoms with Gasteiger partial charge in [0.05, 0.1) is 18.2 Å². The molecule has 6 heteroatoms. The zero-order valence-electron chi connectivity index (χ0n) is 11.4. The Morgan fingerprint density at radius 3 is 2.89 bits per heavy atom. The molecule has 1 saturated heterocycles.